The maximum atomic E-state index is 5.88. The van der Waals surface area contributed by atoms with Gasteiger partial charge in [-0.3, -0.25) is 0 Å². The molecule has 20 heavy (non-hydrogen) atoms. The summed E-state index contributed by atoms with van der Waals surface area (Å²) in [5.74, 6) is 1.91. The molecule has 0 atom stereocenters. The topological polar surface area (TPSA) is 43.8 Å². The lowest BCUT2D eigenvalue weighted by atomic mass is 10.2. The standard InChI is InChI=1S/C16H17N3S/c17-13-3-4-15-14(9-13)18-16(12-1-2-12)19(15)7-5-11-6-8-20-10-11/h3-4,6,8-10,12H,1-2,5,7,17H2. The summed E-state index contributed by atoms with van der Waals surface area (Å²) in [6, 6.07) is 8.28. The van der Waals surface area contributed by atoms with E-state index in [1.807, 2.05) is 12.1 Å². The van der Waals surface area contributed by atoms with E-state index in [0.717, 1.165) is 24.2 Å². The second-order valence-electron chi connectivity index (χ2n) is 5.53. The van der Waals surface area contributed by atoms with Gasteiger partial charge in [0.25, 0.3) is 0 Å². The fraction of sp³-hybridized carbons (Fsp3) is 0.312. The van der Waals surface area contributed by atoms with Crippen molar-refractivity contribution in [1.82, 2.24) is 9.55 Å². The highest BCUT2D eigenvalue weighted by Crippen LogP contribution is 2.40. The van der Waals surface area contributed by atoms with Gasteiger partial charge in [-0.1, -0.05) is 0 Å². The number of nitrogen functional groups attached to an aromatic ring is 1. The average Bonchev–Trinajstić information content (AvgIpc) is 3.03. The van der Waals surface area contributed by atoms with Gasteiger partial charge in [0.1, 0.15) is 5.82 Å². The van der Waals surface area contributed by atoms with Crippen molar-refractivity contribution in [3.63, 3.8) is 0 Å². The Morgan fingerprint density at radius 3 is 2.95 bits per heavy atom. The Balaban J connectivity index is 1.73. The van der Waals surface area contributed by atoms with Gasteiger partial charge < -0.3 is 10.3 Å². The van der Waals surface area contributed by atoms with Crippen molar-refractivity contribution in [3.05, 3.63) is 46.4 Å². The SMILES string of the molecule is Nc1ccc2c(c1)nc(C1CC1)n2CCc1ccsc1. The molecule has 1 fully saturated rings. The first kappa shape index (κ1) is 12.0. The predicted molar refractivity (Wildman–Crippen MR) is 84.1 cm³/mol. The molecule has 4 heteroatoms. The zero-order valence-corrected chi connectivity index (χ0v) is 12.1. The summed E-state index contributed by atoms with van der Waals surface area (Å²) in [5, 5.41) is 4.37. The zero-order valence-electron chi connectivity index (χ0n) is 11.2. The smallest absolute Gasteiger partial charge is 0.113 e. The molecule has 0 unspecified atom stereocenters. The molecule has 0 amide bonds. The highest BCUT2D eigenvalue weighted by molar-refractivity contribution is 7.07. The van der Waals surface area contributed by atoms with Gasteiger partial charge in [-0.05, 0) is 59.9 Å². The second kappa shape index (κ2) is 4.63. The fourth-order valence-corrected chi connectivity index (χ4v) is 3.43. The molecule has 2 aromatic heterocycles. The molecule has 2 N–H and O–H groups in total. The average molecular weight is 283 g/mol. The molecule has 1 aliphatic carbocycles. The first-order chi connectivity index (χ1) is 9.81. The third-order valence-corrected chi connectivity index (χ3v) is 4.68. The predicted octanol–water partition coefficient (Wildman–Crippen LogP) is 3.80. The first-order valence-electron chi connectivity index (χ1n) is 7.08. The molecule has 0 bridgehead atoms. The van der Waals surface area contributed by atoms with Crippen molar-refractivity contribution in [2.75, 3.05) is 5.73 Å². The van der Waals surface area contributed by atoms with E-state index in [0.29, 0.717) is 5.92 Å². The number of fused-ring (bicyclic) bond motifs is 1. The monoisotopic (exact) mass is 283 g/mol. The van der Waals surface area contributed by atoms with Gasteiger partial charge in [0.2, 0.25) is 0 Å². The minimum Gasteiger partial charge on any atom is -0.399 e. The molecule has 3 nitrogen and oxygen atoms in total. The maximum absolute atomic E-state index is 5.88. The van der Waals surface area contributed by atoms with Crippen molar-refractivity contribution in [2.24, 2.45) is 0 Å². The molecule has 1 aromatic carbocycles. The normalized spacial score (nSPS) is 15.0. The summed E-state index contributed by atoms with van der Waals surface area (Å²) in [4.78, 5) is 4.82. The number of benzene rings is 1. The molecule has 3 aromatic rings. The summed E-state index contributed by atoms with van der Waals surface area (Å²) in [6.45, 7) is 1.00. The van der Waals surface area contributed by atoms with Crippen molar-refractivity contribution in [2.45, 2.75) is 31.7 Å². The summed E-state index contributed by atoms with van der Waals surface area (Å²) >= 11 is 1.76. The van der Waals surface area contributed by atoms with E-state index in [9.17, 15) is 0 Å². The Hall–Kier alpha value is -1.81. The van der Waals surface area contributed by atoms with Crippen LogP contribution in [0.15, 0.2) is 35.0 Å². The molecule has 0 aliphatic heterocycles. The number of aryl methyl sites for hydroxylation is 2. The zero-order chi connectivity index (χ0) is 13.5. The van der Waals surface area contributed by atoms with Gasteiger partial charge in [0, 0.05) is 18.2 Å². The highest BCUT2D eigenvalue weighted by atomic mass is 32.1. The number of nitrogens with two attached hydrogens (primary N) is 1. The lowest BCUT2D eigenvalue weighted by Gasteiger charge is -2.08. The molecule has 4 rings (SSSR count). The number of imidazole rings is 1. The van der Waals surface area contributed by atoms with Crippen LogP contribution in [0.5, 0.6) is 0 Å². The number of hydrogen-bond donors (Lipinski definition) is 1. The maximum Gasteiger partial charge on any atom is 0.113 e. The van der Waals surface area contributed by atoms with Gasteiger partial charge in [-0.2, -0.15) is 11.3 Å². The summed E-state index contributed by atoms with van der Waals surface area (Å²) in [6.07, 6.45) is 3.62. The van der Waals surface area contributed by atoms with E-state index in [-0.39, 0.29) is 0 Å². The lowest BCUT2D eigenvalue weighted by molar-refractivity contribution is 0.671. The Morgan fingerprint density at radius 2 is 2.20 bits per heavy atom. The molecule has 1 aliphatic rings. The van der Waals surface area contributed by atoms with Gasteiger partial charge >= 0.3 is 0 Å². The molecule has 2 heterocycles. The van der Waals surface area contributed by atoms with Gasteiger partial charge in [0.05, 0.1) is 11.0 Å². The third kappa shape index (κ3) is 2.10. The van der Waals surface area contributed by atoms with Crippen LogP contribution in [-0.2, 0) is 13.0 Å². The quantitative estimate of drug-likeness (QED) is 0.740. The third-order valence-electron chi connectivity index (χ3n) is 3.95. The summed E-state index contributed by atoms with van der Waals surface area (Å²) in [7, 11) is 0. The highest BCUT2D eigenvalue weighted by Gasteiger charge is 2.29. The Labute approximate surface area is 122 Å². The van der Waals surface area contributed by atoms with Crippen LogP contribution >= 0.6 is 11.3 Å². The van der Waals surface area contributed by atoms with Gasteiger partial charge in [0.15, 0.2) is 0 Å². The minimum absolute atomic E-state index is 0.658. The Bertz CT molecular complexity index is 739. The first-order valence-corrected chi connectivity index (χ1v) is 8.02. The Morgan fingerprint density at radius 1 is 1.30 bits per heavy atom. The number of aromatic nitrogens is 2. The van der Waals surface area contributed by atoms with Crippen LogP contribution < -0.4 is 5.73 Å². The van der Waals surface area contributed by atoms with E-state index in [4.69, 9.17) is 10.7 Å². The van der Waals surface area contributed by atoms with E-state index in [1.165, 1.54) is 29.7 Å². The summed E-state index contributed by atoms with van der Waals surface area (Å²) in [5.41, 5.74) is 10.3. The van der Waals surface area contributed by atoms with Crippen LogP contribution in [0.2, 0.25) is 0 Å². The summed E-state index contributed by atoms with van der Waals surface area (Å²) < 4.78 is 2.39. The van der Waals surface area contributed by atoms with Crippen LogP contribution in [0.25, 0.3) is 11.0 Å². The van der Waals surface area contributed by atoms with E-state index in [1.54, 1.807) is 11.3 Å². The Kier molecular flexibility index (Phi) is 2.77. The van der Waals surface area contributed by atoms with E-state index in [2.05, 4.69) is 27.5 Å². The van der Waals surface area contributed by atoms with E-state index < -0.39 is 0 Å². The molecular formula is C16H17N3S. The number of hydrogen-bond acceptors (Lipinski definition) is 3. The van der Waals surface area contributed by atoms with Crippen LogP contribution in [-0.4, -0.2) is 9.55 Å². The van der Waals surface area contributed by atoms with Crippen molar-refractivity contribution in [3.8, 4) is 0 Å². The van der Waals surface area contributed by atoms with Crippen LogP contribution in [0.1, 0.15) is 30.1 Å². The fourth-order valence-electron chi connectivity index (χ4n) is 2.73. The van der Waals surface area contributed by atoms with Crippen LogP contribution in [0, 0.1) is 0 Å². The molecule has 1 saturated carbocycles. The molecular weight excluding hydrogens is 266 g/mol. The largest absolute Gasteiger partial charge is 0.399 e. The molecule has 0 saturated heterocycles. The van der Waals surface area contributed by atoms with Crippen LogP contribution in [0.4, 0.5) is 5.69 Å². The number of thiophene rings is 1. The van der Waals surface area contributed by atoms with Crippen molar-refractivity contribution < 1.29 is 0 Å². The van der Waals surface area contributed by atoms with Crippen molar-refractivity contribution in [1.29, 1.82) is 0 Å². The number of rotatable bonds is 4. The van der Waals surface area contributed by atoms with Gasteiger partial charge in [-0.15, -0.1) is 0 Å². The number of anilines is 1. The minimum atomic E-state index is 0.658. The molecule has 0 spiro atoms. The number of nitrogens with zero attached hydrogens (tertiary/aromatic N) is 2. The van der Waals surface area contributed by atoms with Crippen molar-refractivity contribution >= 4 is 28.1 Å². The van der Waals surface area contributed by atoms with E-state index >= 15 is 0 Å². The molecule has 102 valence electrons. The second-order valence-corrected chi connectivity index (χ2v) is 6.31. The van der Waals surface area contributed by atoms with Crippen LogP contribution in [0.3, 0.4) is 0 Å². The lowest BCUT2D eigenvalue weighted by Crippen LogP contribution is -2.05. The molecule has 0 radical (unpaired) electrons. The van der Waals surface area contributed by atoms with Gasteiger partial charge in [-0.25, -0.2) is 4.98 Å².